The van der Waals surface area contributed by atoms with Crippen LogP contribution < -0.4 is 10.6 Å². The number of piperidine rings is 1. The smallest absolute Gasteiger partial charge is 0.245 e. The summed E-state index contributed by atoms with van der Waals surface area (Å²) in [4.78, 5) is 34.6. The number of fused-ring (bicyclic) bond motifs is 1. The predicted octanol–water partition coefficient (Wildman–Crippen LogP) is 3.64. The van der Waals surface area contributed by atoms with E-state index in [4.69, 9.17) is 0 Å². The number of nitrogens with zero attached hydrogens (tertiary/aromatic N) is 3. The van der Waals surface area contributed by atoms with Crippen LogP contribution in [0.25, 0.3) is 0 Å². The molecule has 7 heteroatoms. The molecular formula is C34H49N5O2. The van der Waals surface area contributed by atoms with Gasteiger partial charge in [-0.25, -0.2) is 0 Å². The van der Waals surface area contributed by atoms with E-state index in [9.17, 15) is 9.59 Å². The number of carbonyl (C=O) groups excluding carboxylic acids is 2. The first kappa shape index (κ1) is 29.7. The second-order valence-corrected chi connectivity index (χ2v) is 12.8. The summed E-state index contributed by atoms with van der Waals surface area (Å²) in [5, 5.41) is 6.69. The Kier molecular flexibility index (Phi) is 10.1. The first-order valence-corrected chi connectivity index (χ1v) is 15.7. The van der Waals surface area contributed by atoms with Crippen molar-refractivity contribution < 1.29 is 9.59 Å². The maximum atomic E-state index is 14.1. The molecule has 7 nitrogen and oxygen atoms in total. The van der Waals surface area contributed by atoms with Gasteiger partial charge >= 0.3 is 0 Å². The van der Waals surface area contributed by atoms with Crippen molar-refractivity contribution in [3.05, 3.63) is 71.3 Å². The third-order valence-corrected chi connectivity index (χ3v) is 9.20. The lowest BCUT2D eigenvalue weighted by molar-refractivity contribution is -0.136. The number of amides is 2. The molecular weight excluding hydrogens is 510 g/mol. The molecule has 2 fully saturated rings. The predicted molar refractivity (Wildman–Crippen MR) is 165 cm³/mol. The van der Waals surface area contributed by atoms with Crippen molar-refractivity contribution in [2.24, 2.45) is 5.92 Å². The second-order valence-electron chi connectivity index (χ2n) is 12.8. The van der Waals surface area contributed by atoms with E-state index in [1.165, 1.54) is 24.0 Å². The maximum Gasteiger partial charge on any atom is 0.245 e. The number of carbonyl (C=O) groups is 2. The minimum absolute atomic E-state index is 0.0253. The summed E-state index contributed by atoms with van der Waals surface area (Å²) in [6.07, 6.45) is 5.20. The van der Waals surface area contributed by atoms with Gasteiger partial charge in [0.2, 0.25) is 11.8 Å². The molecule has 3 atom stereocenters. The Morgan fingerprint density at radius 3 is 2.44 bits per heavy atom. The van der Waals surface area contributed by atoms with Crippen LogP contribution in [0.5, 0.6) is 0 Å². The van der Waals surface area contributed by atoms with E-state index in [1.807, 2.05) is 41.3 Å². The van der Waals surface area contributed by atoms with E-state index >= 15 is 0 Å². The van der Waals surface area contributed by atoms with Crippen LogP contribution in [0.4, 0.5) is 0 Å². The third kappa shape index (κ3) is 7.76. The number of hydrogen-bond acceptors (Lipinski definition) is 5. The normalized spacial score (nSPS) is 22.6. The number of rotatable bonds is 10. The summed E-state index contributed by atoms with van der Waals surface area (Å²) in [5.74, 6) is 0.564. The van der Waals surface area contributed by atoms with Gasteiger partial charge in [-0.1, -0.05) is 68.4 Å². The Balaban J connectivity index is 1.27. The van der Waals surface area contributed by atoms with Gasteiger partial charge in [-0.05, 0) is 75.0 Å². The molecule has 0 spiro atoms. The van der Waals surface area contributed by atoms with Gasteiger partial charge in [-0.3, -0.25) is 14.5 Å². The van der Waals surface area contributed by atoms with Gasteiger partial charge in [-0.2, -0.15) is 0 Å². The van der Waals surface area contributed by atoms with Crippen LogP contribution >= 0.6 is 0 Å². The summed E-state index contributed by atoms with van der Waals surface area (Å²) >= 11 is 0. The molecule has 1 unspecified atom stereocenters. The third-order valence-electron chi connectivity index (χ3n) is 9.20. The summed E-state index contributed by atoms with van der Waals surface area (Å²) in [7, 11) is 2.21. The Hall–Kier alpha value is -2.74. The fraction of sp³-hybridized carbons (Fsp3) is 0.588. The fourth-order valence-corrected chi connectivity index (χ4v) is 7.04. The van der Waals surface area contributed by atoms with Crippen molar-refractivity contribution in [1.29, 1.82) is 0 Å². The summed E-state index contributed by atoms with van der Waals surface area (Å²) in [5.41, 5.74) is 3.57. The highest BCUT2D eigenvalue weighted by molar-refractivity contribution is 5.88. The highest BCUT2D eigenvalue weighted by atomic mass is 16.2. The summed E-state index contributed by atoms with van der Waals surface area (Å²) in [6.45, 7) is 10.3. The largest absolute Gasteiger partial charge is 0.344 e. The molecule has 2 saturated heterocycles. The first-order chi connectivity index (χ1) is 19.9. The Labute approximate surface area is 246 Å². The molecule has 2 aromatic carbocycles. The minimum Gasteiger partial charge on any atom is -0.344 e. The van der Waals surface area contributed by atoms with Crippen LogP contribution in [-0.4, -0.2) is 91.0 Å². The van der Waals surface area contributed by atoms with E-state index in [0.29, 0.717) is 30.8 Å². The molecule has 2 N–H and O–H groups in total. The zero-order valence-electron chi connectivity index (χ0n) is 25.2. The highest BCUT2D eigenvalue weighted by Gasteiger charge is 2.37. The lowest BCUT2D eigenvalue weighted by atomic mass is 9.92. The molecule has 0 radical (unpaired) electrons. The molecule has 0 aromatic heterocycles. The fourth-order valence-electron chi connectivity index (χ4n) is 7.04. The molecule has 0 aliphatic carbocycles. The topological polar surface area (TPSA) is 67.9 Å². The zero-order chi connectivity index (χ0) is 28.8. The van der Waals surface area contributed by atoms with E-state index in [1.54, 1.807) is 0 Å². The van der Waals surface area contributed by atoms with Crippen molar-refractivity contribution in [3.8, 4) is 0 Å². The van der Waals surface area contributed by atoms with Gasteiger partial charge in [0.1, 0.15) is 6.04 Å². The molecule has 2 aromatic rings. The summed E-state index contributed by atoms with van der Waals surface area (Å²) in [6, 6.07) is 18.8. The van der Waals surface area contributed by atoms with Gasteiger partial charge in [0.25, 0.3) is 0 Å². The lowest BCUT2D eigenvalue weighted by Crippen LogP contribution is -2.52. The van der Waals surface area contributed by atoms with Crippen LogP contribution in [0.15, 0.2) is 54.6 Å². The molecule has 2 amide bonds. The quantitative estimate of drug-likeness (QED) is 0.465. The van der Waals surface area contributed by atoms with Crippen LogP contribution in [0, 0.1) is 5.92 Å². The van der Waals surface area contributed by atoms with Crippen LogP contribution in [0.1, 0.15) is 62.3 Å². The van der Waals surface area contributed by atoms with Crippen molar-refractivity contribution >= 4 is 11.8 Å². The maximum absolute atomic E-state index is 14.1. The van der Waals surface area contributed by atoms with Crippen molar-refractivity contribution in [2.45, 2.75) is 76.5 Å². The molecule has 41 heavy (non-hydrogen) atoms. The average Bonchev–Trinajstić information content (AvgIpc) is 3.46. The molecule has 222 valence electrons. The van der Waals surface area contributed by atoms with Crippen molar-refractivity contribution in [2.75, 3.05) is 46.3 Å². The van der Waals surface area contributed by atoms with Crippen LogP contribution in [0.3, 0.4) is 0 Å². The Bertz CT molecular complexity index is 1150. The molecule has 0 bridgehead atoms. The zero-order valence-corrected chi connectivity index (χ0v) is 25.2. The van der Waals surface area contributed by atoms with E-state index in [0.717, 1.165) is 57.7 Å². The molecule has 5 rings (SSSR count). The Morgan fingerprint density at radius 1 is 0.976 bits per heavy atom. The van der Waals surface area contributed by atoms with Gasteiger partial charge in [0, 0.05) is 50.6 Å². The highest BCUT2D eigenvalue weighted by Crippen LogP contribution is 2.27. The molecule has 3 heterocycles. The van der Waals surface area contributed by atoms with Crippen LogP contribution in [-0.2, 0) is 22.4 Å². The second kappa shape index (κ2) is 14.0. The molecule has 3 aliphatic heterocycles. The Morgan fingerprint density at radius 2 is 1.68 bits per heavy atom. The van der Waals surface area contributed by atoms with Gasteiger partial charge in [-0.15, -0.1) is 0 Å². The van der Waals surface area contributed by atoms with Crippen molar-refractivity contribution in [1.82, 2.24) is 25.3 Å². The lowest BCUT2D eigenvalue weighted by Gasteiger charge is -2.41. The first-order valence-electron chi connectivity index (χ1n) is 15.7. The number of hydrogen-bond donors (Lipinski definition) is 2. The van der Waals surface area contributed by atoms with Gasteiger partial charge in [0.15, 0.2) is 0 Å². The van der Waals surface area contributed by atoms with Gasteiger partial charge in [0.05, 0.1) is 0 Å². The summed E-state index contributed by atoms with van der Waals surface area (Å²) < 4.78 is 0. The average molecular weight is 560 g/mol. The number of benzene rings is 2. The molecule has 0 saturated carbocycles. The SMILES string of the molecule is CC(C)CN(C1CCN(C)CC1)[C@@H]1CCN(C(=O)[C@@H](Cc2ccccc2)NC(=O)CC2NCCc3ccccc32)C1. The van der Waals surface area contributed by atoms with Gasteiger partial charge < -0.3 is 20.4 Å². The van der Waals surface area contributed by atoms with Crippen molar-refractivity contribution in [3.63, 3.8) is 0 Å². The molecule has 3 aliphatic rings. The van der Waals surface area contributed by atoms with E-state index in [-0.39, 0.29) is 17.9 Å². The van der Waals surface area contributed by atoms with E-state index in [2.05, 4.69) is 59.5 Å². The van der Waals surface area contributed by atoms with Crippen LogP contribution in [0.2, 0.25) is 0 Å². The standard InChI is InChI=1S/C34H49N5O2/c1-25(2)23-39(28-14-18-37(3)19-15-28)29-16-20-38(24-29)34(41)32(21-26-9-5-4-6-10-26)36-33(40)22-31-30-12-8-7-11-27(30)13-17-35-31/h4-12,25,28-29,31-32,35H,13-24H2,1-3H3,(H,36,40)/t29-,31?,32-/m1/s1. The number of nitrogens with one attached hydrogen (secondary N) is 2. The van der Waals surface area contributed by atoms with E-state index < -0.39 is 6.04 Å². The minimum atomic E-state index is -0.565. The monoisotopic (exact) mass is 559 g/mol. The number of likely N-dealkylation sites (tertiary alicyclic amines) is 2.